The van der Waals surface area contributed by atoms with Crippen LogP contribution in [0.1, 0.15) is 29.7 Å². The van der Waals surface area contributed by atoms with Crippen LogP contribution < -0.4 is 5.73 Å². The van der Waals surface area contributed by atoms with Crippen LogP contribution in [0, 0.1) is 11.3 Å². The van der Waals surface area contributed by atoms with Crippen molar-refractivity contribution in [3.8, 4) is 17.2 Å². The molecular formula is C18H18N4O2S. The molecule has 2 aromatic heterocycles. The SMILES string of the molecule is N#Cc1c(N)nc2c(c1-c1ccsc1)CN(C(=O)[C@@H]1CCCO1)CC2. The van der Waals surface area contributed by atoms with E-state index in [2.05, 4.69) is 11.1 Å². The molecule has 0 radical (unpaired) electrons. The molecule has 1 amide bonds. The third kappa shape index (κ3) is 2.77. The summed E-state index contributed by atoms with van der Waals surface area (Å²) in [6.07, 6.45) is 2.02. The number of nitriles is 1. The van der Waals surface area contributed by atoms with E-state index < -0.39 is 0 Å². The highest BCUT2D eigenvalue weighted by molar-refractivity contribution is 7.08. The van der Waals surface area contributed by atoms with Crippen molar-refractivity contribution in [1.29, 1.82) is 5.26 Å². The van der Waals surface area contributed by atoms with E-state index in [1.807, 2.05) is 21.7 Å². The minimum absolute atomic E-state index is 0.0368. The minimum atomic E-state index is -0.330. The number of thiophene rings is 1. The molecule has 4 rings (SSSR count). The number of amides is 1. The maximum atomic E-state index is 12.7. The van der Waals surface area contributed by atoms with Crippen molar-refractivity contribution in [2.45, 2.75) is 31.9 Å². The number of anilines is 1. The summed E-state index contributed by atoms with van der Waals surface area (Å²) in [5.74, 6) is 0.302. The normalized spacial score (nSPS) is 19.5. The molecule has 4 heterocycles. The van der Waals surface area contributed by atoms with Crippen LogP contribution in [0.2, 0.25) is 0 Å². The Morgan fingerprint density at radius 1 is 1.52 bits per heavy atom. The van der Waals surface area contributed by atoms with E-state index in [0.29, 0.717) is 31.7 Å². The molecule has 2 aromatic rings. The fraction of sp³-hybridized carbons (Fsp3) is 0.389. The van der Waals surface area contributed by atoms with Crippen LogP contribution in [0.25, 0.3) is 11.1 Å². The van der Waals surface area contributed by atoms with Crippen molar-refractivity contribution in [3.63, 3.8) is 0 Å². The second-order valence-electron chi connectivity index (χ2n) is 6.31. The zero-order valence-corrected chi connectivity index (χ0v) is 14.5. The molecule has 1 fully saturated rings. The monoisotopic (exact) mass is 354 g/mol. The van der Waals surface area contributed by atoms with Crippen LogP contribution in [0.3, 0.4) is 0 Å². The predicted molar refractivity (Wildman–Crippen MR) is 94.8 cm³/mol. The number of nitrogen functional groups attached to an aromatic ring is 1. The third-order valence-electron chi connectivity index (χ3n) is 4.82. The van der Waals surface area contributed by atoms with Crippen LogP contribution in [-0.2, 0) is 22.5 Å². The number of nitrogens with two attached hydrogens (primary N) is 1. The number of pyridine rings is 1. The summed E-state index contributed by atoms with van der Waals surface area (Å²) in [4.78, 5) is 19.0. The van der Waals surface area contributed by atoms with Gasteiger partial charge >= 0.3 is 0 Å². The predicted octanol–water partition coefficient (Wildman–Crippen LogP) is 2.33. The average molecular weight is 354 g/mol. The fourth-order valence-corrected chi connectivity index (χ4v) is 4.23. The van der Waals surface area contributed by atoms with Crippen LogP contribution >= 0.6 is 11.3 Å². The van der Waals surface area contributed by atoms with Crippen LogP contribution in [0.5, 0.6) is 0 Å². The standard InChI is InChI=1S/C18H18N4O2S/c19-8-12-16(11-4-7-25-10-11)13-9-22(5-3-14(13)21-17(12)20)18(23)15-2-1-6-24-15/h4,7,10,15H,1-3,5-6,9H2,(H2,20,21)/t15-/m0/s1. The first kappa shape index (κ1) is 16.1. The summed E-state index contributed by atoms with van der Waals surface area (Å²) in [6, 6.07) is 4.16. The van der Waals surface area contributed by atoms with Crippen molar-refractivity contribution in [1.82, 2.24) is 9.88 Å². The van der Waals surface area contributed by atoms with Gasteiger partial charge < -0.3 is 15.4 Å². The number of nitrogens with zero attached hydrogens (tertiary/aromatic N) is 3. The quantitative estimate of drug-likeness (QED) is 0.893. The van der Waals surface area contributed by atoms with E-state index in [1.165, 1.54) is 0 Å². The molecule has 0 aromatic carbocycles. The van der Waals surface area contributed by atoms with Crippen molar-refractivity contribution < 1.29 is 9.53 Å². The molecule has 2 aliphatic rings. The number of fused-ring (bicyclic) bond motifs is 1. The maximum absolute atomic E-state index is 12.7. The molecule has 1 saturated heterocycles. The molecule has 128 valence electrons. The Morgan fingerprint density at radius 3 is 3.08 bits per heavy atom. The summed E-state index contributed by atoms with van der Waals surface area (Å²) in [5, 5.41) is 13.5. The molecule has 7 heteroatoms. The van der Waals surface area contributed by atoms with E-state index in [4.69, 9.17) is 10.5 Å². The average Bonchev–Trinajstić information content (AvgIpc) is 3.33. The van der Waals surface area contributed by atoms with Gasteiger partial charge in [-0.1, -0.05) is 0 Å². The Hall–Kier alpha value is -2.43. The first-order valence-corrected chi connectivity index (χ1v) is 9.27. The minimum Gasteiger partial charge on any atom is -0.383 e. The fourth-order valence-electron chi connectivity index (χ4n) is 3.58. The number of carbonyl (C=O) groups excluding carboxylic acids is 1. The first-order chi connectivity index (χ1) is 12.2. The molecule has 0 saturated carbocycles. The van der Waals surface area contributed by atoms with Crippen LogP contribution in [0.15, 0.2) is 16.8 Å². The first-order valence-electron chi connectivity index (χ1n) is 8.33. The van der Waals surface area contributed by atoms with Gasteiger partial charge in [-0.05, 0) is 35.2 Å². The van der Waals surface area contributed by atoms with Gasteiger partial charge in [0.05, 0.1) is 5.69 Å². The molecular weight excluding hydrogens is 336 g/mol. The number of aromatic nitrogens is 1. The third-order valence-corrected chi connectivity index (χ3v) is 5.50. The highest BCUT2D eigenvalue weighted by Crippen LogP contribution is 2.36. The summed E-state index contributed by atoms with van der Waals surface area (Å²) in [5.41, 5.74) is 10.0. The van der Waals surface area contributed by atoms with Crippen molar-refractivity contribution in [2.24, 2.45) is 0 Å². The Morgan fingerprint density at radius 2 is 2.40 bits per heavy atom. The molecule has 2 N–H and O–H groups in total. The van der Waals surface area contributed by atoms with Gasteiger partial charge in [-0.25, -0.2) is 4.98 Å². The molecule has 1 atom stereocenters. The molecule has 2 aliphatic heterocycles. The van der Waals surface area contributed by atoms with Crippen molar-refractivity contribution in [2.75, 3.05) is 18.9 Å². The highest BCUT2D eigenvalue weighted by Gasteiger charge is 2.32. The molecule has 0 unspecified atom stereocenters. The lowest BCUT2D eigenvalue weighted by atomic mass is 9.92. The molecule has 0 bridgehead atoms. The molecule has 25 heavy (non-hydrogen) atoms. The molecule has 6 nitrogen and oxygen atoms in total. The Kier molecular flexibility index (Phi) is 4.15. The number of ether oxygens (including phenoxy) is 1. The van der Waals surface area contributed by atoms with E-state index >= 15 is 0 Å². The Balaban J connectivity index is 1.76. The van der Waals surface area contributed by atoms with Gasteiger partial charge in [-0.3, -0.25) is 4.79 Å². The van der Waals surface area contributed by atoms with Gasteiger partial charge in [-0.2, -0.15) is 16.6 Å². The topological polar surface area (TPSA) is 92.2 Å². The summed E-state index contributed by atoms with van der Waals surface area (Å²) < 4.78 is 5.54. The van der Waals surface area contributed by atoms with Crippen molar-refractivity contribution >= 4 is 23.1 Å². The van der Waals surface area contributed by atoms with Crippen LogP contribution in [0.4, 0.5) is 5.82 Å². The largest absolute Gasteiger partial charge is 0.383 e. The lowest BCUT2D eigenvalue weighted by Gasteiger charge is -2.31. The smallest absolute Gasteiger partial charge is 0.252 e. The lowest BCUT2D eigenvalue weighted by molar-refractivity contribution is -0.141. The molecule has 0 spiro atoms. The van der Waals surface area contributed by atoms with Gasteiger partial charge in [0, 0.05) is 37.2 Å². The second-order valence-corrected chi connectivity index (χ2v) is 7.09. The van der Waals surface area contributed by atoms with Crippen molar-refractivity contribution in [3.05, 3.63) is 33.6 Å². The molecule has 0 aliphatic carbocycles. The maximum Gasteiger partial charge on any atom is 0.252 e. The Labute approximate surface area is 149 Å². The summed E-state index contributed by atoms with van der Waals surface area (Å²) in [7, 11) is 0. The van der Waals surface area contributed by atoms with E-state index in [0.717, 1.165) is 35.2 Å². The zero-order valence-electron chi connectivity index (χ0n) is 13.7. The van der Waals surface area contributed by atoms with Gasteiger partial charge in [-0.15, -0.1) is 0 Å². The lowest BCUT2D eigenvalue weighted by Crippen LogP contribution is -2.42. The zero-order chi connectivity index (χ0) is 17.4. The van der Waals surface area contributed by atoms with E-state index in [-0.39, 0.29) is 17.8 Å². The number of hydrogen-bond donors (Lipinski definition) is 1. The second kappa shape index (κ2) is 6.47. The Bertz CT molecular complexity index is 851. The van der Waals surface area contributed by atoms with Gasteiger partial charge in [0.15, 0.2) is 0 Å². The number of hydrogen-bond acceptors (Lipinski definition) is 6. The highest BCUT2D eigenvalue weighted by atomic mass is 32.1. The summed E-state index contributed by atoms with van der Waals surface area (Å²) >= 11 is 1.57. The van der Waals surface area contributed by atoms with Gasteiger partial charge in [0.2, 0.25) is 0 Å². The summed E-state index contributed by atoms with van der Waals surface area (Å²) in [6.45, 7) is 1.70. The van der Waals surface area contributed by atoms with E-state index in [1.54, 1.807) is 11.3 Å². The number of rotatable bonds is 2. The van der Waals surface area contributed by atoms with Gasteiger partial charge in [0.1, 0.15) is 23.6 Å². The van der Waals surface area contributed by atoms with Gasteiger partial charge in [0.25, 0.3) is 5.91 Å². The van der Waals surface area contributed by atoms with E-state index in [9.17, 15) is 10.1 Å². The number of carbonyl (C=O) groups is 1. The van der Waals surface area contributed by atoms with Crippen LogP contribution in [-0.4, -0.2) is 35.0 Å².